The van der Waals surface area contributed by atoms with Crippen LogP contribution in [0, 0.1) is 0 Å². The molecule has 0 bridgehead atoms. The van der Waals surface area contributed by atoms with Gasteiger partial charge in [0.25, 0.3) is 5.56 Å². The lowest BCUT2D eigenvalue weighted by atomic mass is 10.5. The Morgan fingerprint density at radius 2 is 2.42 bits per heavy atom. The molecule has 1 aliphatic carbocycles. The van der Waals surface area contributed by atoms with Crippen LogP contribution in [0.2, 0.25) is 0 Å². The van der Waals surface area contributed by atoms with Crippen LogP contribution in [0.5, 0.6) is 0 Å². The largest absolute Gasteiger partial charge is 0.366 e. The van der Waals surface area contributed by atoms with Gasteiger partial charge in [-0.25, -0.2) is 4.98 Å². The number of nitrogens with one attached hydrogen (secondary N) is 2. The van der Waals surface area contributed by atoms with Gasteiger partial charge in [-0.1, -0.05) is 0 Å². The summed E-state index contributed by atoms with van der Waals surface area (Å²) in [7, 11) is 0. The van der Waals surface area contributed by atoms with E-state index < -0.39 is 0 Å². The van der Waals surface area contributed by atoms with Crippen LogP contribution in [0.1, 0.15) is 12.8 Å². The van der Waals surface area contributed by atoms with Crippen LogP contribution in [-0.2, 0) is 0 Å². The van der Waals surface area contributed by atoms with Crippen molar-refractivity contribution in [3.63, 3.8) is 0 Å². The molecule has 12 heavy (non-hydrogen) atoms. The highest BCUT2D eigenvalue weighted by molar-refractivity contribution is 9.10. The van der Waals surface area contributed by atoms with Crippen LogP contribution in [-0.4, -0.2) is 16.0 Å². The van der Waals surface area contributed by atoms with Crippen LogP contribution in [0.3, 0.4) is 0 Å². The molecule has 0 radical (unpaired) electrons. The maximum atomic E-state index is 11.1. The van der Waals surface area contributed by atoms with Gasteiger partial charge in [-0.15, -0.1) is 0 Å². The first kappa shape index (κ1) is 7.79. The van der Waals surface area contributed by atoms with Gasteiger partial charge in [-0.3, -0.25) is 4.79 Å². The maximum Gasteiger partial charge on any atom is 0.267 e. The third kappa shape index (κ3) is 1.50. The number of aromatic amines is 1. The van der Waals surface area contributed by atoms with Gasteiger partial charge in [-0.2, -0.15) is 0 Å². The number of nitrogens with zero attached hydrogens (tertiary/aromatic N) is 1. The maximum absolute atomic E-state index is 11.1. The Bertz CT molecular complexity index is 345. The first-order chi connectivity index (χ1) is 5.77. The molecule has 0 aromatic carbocycles. The lowest BCUT2D eigenvalue weighted by molar-refractivity contribution is 1.05. The third-order valence-electron chi connectivity index (χ3n) is 1.71. The monoisotopic (exact) mass is 229 g/mol. The molecule has 2 N–H and O–H groups in total. The van der Waals surface area contributed by atoms with E-state index in [2.05, 4.69) is 31.2 Å². The Hall–Kier alpha value is -0.840. The summed E-state index contributed by atoms with van der Waals surface area (Å²) < 4.78 is 0.483. The van der Waals surface area contributed by atoms with Crippen LogP contribution >= 0.6 is 15.9 Å². The van der Waals surface area contributed by atoms with Crippen molar-refractivity contribution in [1.82, 2.24) is 9.97 Å². The summed E-state index contributed by atoms with van der Waals surface area (Å²) in [5.41, 5.74) is -0.145. The van der Waals surface area contributed by atoms with Crippen molar-refractivity contribution in [2.45, 2.75) is 18.9 Å². The van der Waals surface area contributed by atoms with Gasteiger partial charge >= 0.3 is 0 Å². The summed E-state index contributed by atoms with van der Waals surface area (Å²) >= 11 is 3.17. The molecule has 1 heterocycles. The highest BCUT2D eigenvalue weighted by atomic mass is 79.9. The smallest absolute Gasteiger partial charge is 0.267 e. The van der Waals surface area contributed by atoms with E-state index in [-0.39, 0.29) is 5.56 Å². The van der Waals surface area contributed by atoms with Crippen molar-refractivity contribution >= 4 is 21.7 Å². The second-order valence-corrected chi connectivity index (χ2v) is 3.61. The Balaban J connectivity index is 2.29. The Kier molecular flexibility index (Phi) is 1.88. The van der Waals surface area contributed by atoms with Crippen molar-refractivity contribution in [1.29, 1.82) is 0 Å². The predicted molar refractivity (Wildman–Crippen MR) is 49.2 cm³/mol. The molecule has 1 aromatic rings. The van der Waals surface area contributed by atoms with E-state index in [0.29, 0.717) is 16.3 Å². The standard InChI is InChI=1S/C7H8BrN3O/c8-5-6(11-4-1-2-4)9-3-10-7(5)12/h3-4H,1-2H2,(H2,9,10,11,12). The predicted octanol–water partition coefficient (Wildman–Crippen LogP) is 1.11. The van der Waals surface area contributed by atoms with Crippen LogP contribution in [0.25, 0.3) is 0 Å². The molecule has 64 valence electrons. The Labute approximate surface area is 77.5 Å². The van der Waals surface area contributed by atoms with Gasteiger partial charge in [0.05, 0.1) is 6.33 Å². The van der Waals surface area contributed by atoms with Gasteiger partial charge in [0, 0.05) is 6.04 Å². The lowest BCUT2D eigenvalue weighted by Gasteiger charge is -2.03. The highest BCUT2D eigenvalue weighted by Crippen LogP contribution is 2.25. The topological polar surface area (TPSA) is 57.8 Å². The van der Waals surface area contributed by atoms with Gasteiger partial charge in [0.15, 0.2) is 0 Å². The SMILES string of the molecule is O=c1[nH]cnc(NC2CC2)c1Br. The first-order valence-corrected chi connectivity index (χ1v) is 4.56. The number of hydrogen-bond donors (Lipinski definition) is 2. The molecular formula is C7H8BrN3O. The minimum absolute atomic E-state index is 0.145. The molecule has 0 amide bonds. The van der Waals surface area contributed by atoms with Crippen molar-refractivity contribution < 1.29 is 0 Å². The molecule has 1 aromatic heterocycles. The minimum Gasteiger partial charge on any atom is -0.366 e. The quantitative estimate of drug-likeness (QED) is 0.799. The van der Waals surface area contributed by atoms with E-state index >= 15 is 0 Å². The Morgan fingerprint density at radius 1 is 1.67 bits per heavy atom. The number of hydrogen-bond acceptors (Lipinski definition) is 3. The summed E-state index contributed by atoms with van der Waals surface area (Å²) in [4.78, 5) is 17.5. The summed E-state index contributed by atoms with van der Waals surface area (Å²) in [6, 6.07) is 0.510. The molecule has 0 saturated heterocycles. The van der Waals surface area contributed by atoms with E-state index in [0.717, 1.165) is 0 Å². The average Bonchev–Trinajstić information content (AvgIpc) is 2.83. The molecule has 0 unspecified atom stereocenters. The molecule has 1 fully saturated rings. The Morgan fingerprint density at radius 3 is 3.08 bits per heavy atom. The van der Waals surface area contributed by atoms with Crippen molar-refractivity contribution in [2.75, 3.05) is 5.32 Å². The normalized spacial score (nSPS) is 16.1. The fraction of sp³-hybridized carbons (Fsp3) is 0.429. The van der Waals surface area contributed by atoms with E-state index in [1.165, 1.54) is 19.2 Å². The molecule has 0 aliphatic heterocycles. The number of rotatable bonds is 2. The summed E-state index contributed by atoms with van der Waals surface area (Å²) in [6.45, 7) is 0. The van der Waals surface area contributed by atoms with Gasteiger partial charge < -0.3 is 10.3 Å². The van der Waals surface area contributed by atoms with Crippen molar-refractivity contribution in [3.05, 3.63) is 21.2 Å². The van der Waals surface area contributed by atoms with Crippen LogP contribution in [0.4, 0.5) is 5.82 Å². The van der Waals surface area contributed by atoms with E-state index in [1.54, 1.807) is 0 Å². The molecule has 5 heteroatoms. The fourth-order valence-electron chi connectivity index (χ4n) is 0.905. The number of anilines is 1. The van der Waals surface area contributed by atoms with E-state index in [4.69, 9.17) is 0 Å². The van der Waals surface area contributed by atoms with Gasteiger partial charge in [0.1, 0.15) is 10.3 Å². The lowest BCUT2D eigenvalue weighted by Crippen LogP contribution is -2.12. The zero-order chi connectivity index (χ0) is 8.55. The van der Waals surface area contributed by atoms with Crippen molar-refractivity contribution in [2.24, 2.45) is 0 Å². The zero-order valence-corrected chi connectivity index (χ0v) is 7.89. The summed E-state index contributed by atoms with van der Waals surface area (Å²) in [5, 5.41) is 3.15. The van der Waals surface area contributed by atoms with Gasteiger partial charge in [-0.05, 0) is 28.8 Å². The molecule has 0 spiro atoms. The van der Waals surface area contributed by atoms with Crippen molar-refractivity contribution in [3.8, 4) is 0 Å². The van der Waals surface area contributed by atoms with Crippen LogP contribution < -0.4 is 10.9 Å². The molecule has 2 rings (SSSR count). The second-order valence-electron chi connectivity index (χ2n) is 2.81. The molecule has 1 saturated carbocycles. The third-order valence-corrected chi connectivity index (χ3v) is 2.45. The minimum atomic E-state index is -0.145. The van der Waals surface area contributed by atoms with Gasteiger partial charge in [0.2, 0.25) is 0 Å². The van der Waals surface area contributed by atoms with Crippen LogP contribution in [0.15, 0.2) is 15.6 Å². The summed E-state index contributed by atoms with van der Waals surface area (Å²) in [5.74, 6) is 0.640. The molecule has 4 nitrogen and oxygen atoms in total. The summed E-state index contributed by atoms with van der Waals surface area (Å²) in [6.07, 6.45) is 3.74. The average molecular weight is 230 g/mol. The second kappa shape index (κ2) is 2.90. The molecular weight excluding hydrogens is 222 g/mol. The van der Waals surface area contributed by atoms with E-state index in [1.807, 2.05) is 0 Å². The zero-order valence-electron chi connectivity index (χ0n) is 6.30. The number of aromatic nitrogens is 2. The highest BCUT2D eigenvalue weighted by Gasteiger charge is 2.22. The first-order valence-electron chi connectivity index (χ1n) is 3.77. The van der Waals surface area contributed by atoms with E-state index in [9.17, 15) is 4.79 Å². The molecule has 1 aliphatic rings. The fourth-order valence-corrected chi connectivity index (χ4v) is 1.24. The number of H-pyrrole nitrogens is 1. The molecule has 0 atom stereocenters. The number of halogens is 1.